The number of carbonyl (C=O) groups excluding carboxylic acids is 3. The van der Waals surface area contributed by atoms with Crippen molar-refractivity contribution in [3.63, 3.8) is 0 Å². The van der Waals surface area contributed by atoms with E-state index >= 15 is 0 Å². The number of carbonyl (C=O) groups is 3. The first-order chi connectivity index (χ1) is 9.54. The lowest BCUT2D eigenvalue weighted by Crippen LogP contribution is -2.58. The molecular weight excluding hydrogens is 256 g/mol. The van der Waals surface area contributed by atoms with Crippen molar-refractivity contribution in [2.24, 2.45) is 5.92 Å². The molecule has 5 heteroatoms. The summed E-state index contributed by atoms with van der Waals surface area (Å²) < 4.78 is 0. The van der Waals surface area contributed by atoms with Gasteiger partial charge in [-0.3, -0.25) is 19.8 Å². The number of urea groups is 1. The summed E-state index contributed by atoms with van der Waals surface area (Å²) in [7, 11) is 0. The first kappa shape index (κ1) is 14.2. The van der Waals surface area contributed by atoms with Gasteiger partial charge in [0.1, 0.15) is 5.92 Å². The van der Waals surface area contributed by atoms with Crippen LogP contribution in [0, 0.1) is 5.92 Å². The highest BCUT2D eigenvalue weighted by Gasteiger charge is 2.39. The summed E-state index contributed by atoms with van der Waals surface area (Å²) in [5.74, 6) is -1.62. The zero-order valence-corrected chi connectivity index (χ0v) is 11.6. The minimum absolute atomic E-state index is 0.0246. The minimum Gasteiger partial charge on any atom is -0.277 e. The monoisotopic (exact) mass is 274 g/mol. The Kier molecular flexibility index (Phi) is 4.17. The van der Waals surface area contributed by atoms with E-state index in [0.29, 0.717) is 6.42 Å². The molecule has 106 valence electrons. The highest BCUT2D eigenvalue weighted by atomic mass is 16.2. The molecule has 20 heavy (non-hydrogen) atoms. The fourth-order valence-electron chi connectivity index (χ4n) is 2.35. The molecule has 0 aromatic heterocycles. The van der Waals surface area contributed by atoms with Crippen LogP contribution in [0.25, 0.3) is 0 Å². The number of barbiturate groups is 1. The predicted molar refractivity (Wildman–Crippen MR) is 73.9 cm³/mol. The zero-order valence-electron chi connectivity index (χ0n) is 11.6. The van der Waals surface area contributed by atoms with Crippen LogP contribution in [0.4, 0.5) is 4.79 Å². The summed E-state index contributed by atoms with van der Waals surface area (Å²) in [4.78, 5) is 36.7. The van der Waals surface area contributed by atoms with Crippen molar-refractivity contribution in [1.29, 1.82) is 0 Å². The first-order valence-corrected chi connectivity index (χ1v) is 6.75. The number of benzene rings is 1. The smallest absolute Gasteiger partial charge is 0.277 e. The summed E-state index contributed by atoms with van der Waals surface area (Å²) in [5, 5.41) is 2.24. The molecule has 0 aliphatic carbocycles. The number of hydrogen-bond acceptors (Lipinski definition) is 3. The van der Waals surface area contributed by atoms with E-state index in [-0.39, 0.29) is 12.5 Å². The molecule has 1 fully saturated rings. The van der Waals surface area contributed by atoms with Gasteiger partial charge in [0, 0.05) is 6.54 Å². The number of imide groups is 2. The molecule has 1 aliphatic heterocycles. The number of nitrogens with zero attached hydrogens (tertiary/aromatic N) is 1. The van der Waals surface area contributed by atoms with Crippen LogP contribution in [-0.2, 0) is 9.59 Å². The average Bonchev–Trinajstić information content (AvgIpc) is 2.44. The van der Waals surface area contributed by atoms with Crippen molar-refractivity contribution in [2.75, 3.05) is 6.54 Å². The Balaban J connectivity index is 2.13. The van der Waals surface area contributed by atoms with Gasteiger partial charge in [0.15, 0.2) is 0 Å². The SMILES string of the molecule is CCC1C(=O)NC(=O)N(CC(C)c2ccccc2)C1=O. The second-order valence-electron chi connectivity index (χ2n) is 5.02. The Labute approximate surface area is 118 Å². The fourth-order valence-corrected chi connectivity index (χ4v) is 2.35. The van der Waals surface area contributed by atoms with Crippen LogP contribution in [-0.4, -0.2) is 29.3 Å². The zero-order chi connectivity index (χ0) is 14.7. The first-order valence-electron chi connectivity index (χ1n) is 6.75. The van der Waals surface area contributed by atoms with E-state index in [9.17, 15) is 14.4 Å². The Hall–Kier alpha value is -2.17. The van der Waals surface area contributed by atoms with E-state index in [0.717, 1.165) is 10.5 Å². The van der Waals surface area contributed by atoms with Crippen molar-refractivity contribution in [3.8, 4) is 0 Å². The standard InChI is InChI=1S/C15H18N2O3/c1-3-12-13(18)16-15(20)17(14(12)19)9-10(2)11-7-5-4-6-8-11/h4-8,10,12H,3,9H2,1-2H3,(H,16,18,20). The van der Waals surface area contributed by atoms with Crippen molar-refractivity contribution in [1.82, 2.24) is 10.2 Å². The van der Waals surface area contributed by atoms with Gasteiger partial charge in [0.25, 0.3) is 0 Å². The van der Waals surface area contributed by atoms with Crippen LogP contribution in [0.15, 0.2) is 30.3 Å². The van der Waals surface area contributed by atoms with Crippen LogP contribution < -0.4 is 5.32 Å². The molecule has 0 bridgehead atoms. The maximum absolute atomic E-state index is 12.2. The number of amides is 4. The van der Waals surface area contributed by atoms with Gasteiger partial charge in [-0.2, -0.15) is 0 Å². The molecule has 2 atom stereocenters. The normalized spacial score (nSPS) is 20.8. The van der Waals surface area contributed by atoms with E-state index < -0.39 is 23.8 Å². The van der Waals surface area contributed by atoms with Crippen molar-refractivity contribution < 1.29 is 14.4 Å². The molecule has 1 N–H and O–H groups in total. The maximum atomic E-state index is 12.2. The van der Waals surface area contributed by atoms with Gasteiger partial charge >= 0.3 is 6.03 Å². The second kappa shape index (κ2) is 5.86. The molecule has 5 nitrogen and oxygen atoms in total. The van der Waals surface area contributed by atoms with E-state index in [2.05, 4.69) is 5.32 Å². The second-order valence-corrected chi connectivity index (χ2v) is 5.02. The van der Waals surface area contributed by atoms with Gasteiger partial charge < -0.3 is 0 Å². The minimum atomic E-state index is -0.754. The topological polar surface area (TPSA) is 66.5 Å². The molecule has 1 saturated heterocycles. The fraction of sp³-hybridized carbons (Fsp3) is 0.400. The van der Waals surface area contributed by atoms with Gasteiger partial charge in [0.2, 0.25) is 11.8 Å². The molecule has 1 aromatic rings. The lowest BCUT2D eigenvalue weighted by Gasteiger charge is -2.31. The molecule has 1 aromatic carbocycles. The van der Waals surface area contributed by atoms with Crippen molar-refractivity contribution >= 4 is 17.8 Å². The maximum Gasteiger partial charge on any atom is 0.330 e. The van der Waals surface area contributed by atoms with E-state index in [1.807, 2.05) is 37.3 Å². The summed E-state index contributed by atoms with van der Waals surface area (Å²) in [6.07, 6.45) is 0.397. The summed E-state index contributed by atoms with van der Waals surface area (Å²) in [6.45, 7) is 3.99. The van der Waals surface area contributed by atoms with Crippen LogP contribution >= 0.6 is 0 Å². The lowest BCUT2D eigenvalue weighted by atomic mass is 9.97. The van der Waals surface area contributed by atoms with Gasteiger partial charge in [-0.1, -0.05) is 44.2 Å². The quantitative estimate of drug-likeness (QED) is 0.853. The van der Waals surface area contributed by atoms with Gasteiger partial charge in [-0.25, -0.2) is 4.79 Å². The van der Waals surface area contributed by atoms with Crippen LogP contribution in [0.5, 0.6) is 0 Å². The van der Waals surface area contributed by atoms with E-state index in [4.69, 9.17) is 0 Å². The molecule has 0 spiro atoms. The third-order valence-electron chi connectivity index (χ3n) is 3.59. The molecular formula is C15H18N2O3. The summed E-state index contributed by atoms with van der Waals surface area (Å²) in [5.41, 5.74) is 1.05. The number of hydrogen-bond donors (Lipinski definition) is 1. The van der Waals surface area contributed by atoms with Gasteiger partial charge in [-0.15, -0.1) is 0 Å². The Morgan fingerprint density at radius 2 is 1.85 bits per heavy atom. The Bertz CT molecular complexity index is 527. The van der Waals surface area contributed by atoms with Crippen molar-refractivity contribution in [2.45, 2.75) is 26.2 Å². The number of nitrogens with one attached hydrogen (secondary N) is 1. The molecule has 1 heterocycles. The summed E-state index contributed by atoms with van der Waals surface area (Å²) >= 11 is 0. The molecule has 0 radical (unpaired) electrons. The van der Waals surface area contributed by atoms with E-state index in [1.165, 1.54) is 0 Å². The highest BCUT2D eigenvalue weighted by molar-refractivity contribution is 6.16. The third-order valence-corrected chi connectivity index (χ3v) is 3.59. The van der Waals surface area contributed by atoms with E-state index in [1.54, 1.807) is 6.92 Å². The molecule has 1 aliphatic rings. The summed E-state index contributed by atoms with van der Waals surface area (Å²) in [6, 6.07) is 9.05. The van der Waals surface area contributed by atoms with Gasteiger partial charge in [0.05, 0.1) is 0 Å². The average molecular weight is 274 g/mol. The molecule has 2 rings (SSSR count). The lowest BCUT2D eigenvalue weighted by molar-refractivity contribution is -0.142. The van der Waals surface area contributed by atoms with Crippen molar-refractivity contribution in [3.05, 3.63) is 35.9 Å². The third kappa shape index (κ3) is 2.71. The number of rotatable bonds is 4. The molecule has 4 amide bonds. The largest absolute Gasteiger partial charge is 0.330 e. The van der Waals surface area contributed by atoms with Gasteiger partial charge in [-0.05, 0) is 17.9 Å². The Morgan fingerprint density at radius 3 is 2.45 bits per heavy atom. The van der Waals surface area contributed by atoms with Crippen LogP contribution in [0.1, 0.15) is 31.7 Å². The molecule has 0 saturated carbocycles. The van der Waals surface area contributed by atoms with Crippen LogP contribution in [0.3, 0.4) is 0 Å². The predicted octanol–water partition coefficient (Wildman–Crippen LogP) is 1.89. The highest BCUT2D eigenvalue weighted by Crippen LogP contribution is 2.20. The van der Waals surface area contributed by atoms with Crippen LogP contribution in [0.2, 0.25) is 0 Å². The molecule has 2 unspecified atom stereocenters. The Morgan fingerprint density at radius 1 is 1.20 bits per heavy atom.